The van der Waals surface area contributed by atoms with Crippen LogP contribution in [0.3, 0.4) is 0 Å². The Labute approximate surface area is 147 Å². The van der Waals surface area contributed by atoms with Gasteiger partial charge in [0, 0.05) is 43.6 Å². The Morgan fingerprint density at radius 1 is 1.17 bits per heavy atom. The van der Waals surface area contributed by atoms with Crippen molar-refractivity contribution in [1.29, 1.82) is 0 Å². The number of nitrogens with zero attached hydrogens (tertiary/aromatic N) is 2. The number of hydrogen-bond donors (Lipinski definition) is 2. The minimum atomic E-state index is -0.361. The van der Waals surface area contributed by atoms with E-state index in [9.17, 15) is 4.79 Å². The number of halogens is 1. The third-order valence-electron chi connectivity index (χ3n) is 3.28. The highest BCUT2D eigenvalue weighted by Crippen LogP contribution is 2.12. The molecule has 5 nitrogen and oxygen atoms in total. The monoisotopic (exact) mass is 382 g/mol. The summed E-state index contributed by atoms with van der Waals surface area (Å²) in [4.78, 5) is 18.1. The third-order valence-corrected chi connectivity index (χ3v) is 3.81. The second-order valence-electron chi connectivity index (χ2n) is 6.46. The third kappa shape index (κ3) is 7.03. The standard InChI is InChI=1S/C17H27BrN4O/c1-17(2,3)15(23)20-10-11-21-16(19-4)22(5)12-13-6-8-14(18)9-7-13/h6-9H,10-12H2,1-5H3,(H,19,21)(H,20,23). The van der Waals surface area contributed by atoms with E-state index in [1.165, 1.54) is 5.56 Å². The first-order valence-corrected chi connectivity index (χ1v) is 8.48. The average molecular weight is 383 g/mol. The molecule has 0 heterocycles. The van der Waals surface area contributed by atoms with E-state index in [0.29, 0.717) is 13.1 Å². The van der Waals surface area contributed by atoms with Crippen molar-refractivity contribution in [2.45, 2.75) is 27.3 Å². The molecule has 23 heavy (non-hydrogen) atoms. The van der Waals surface area contributed by atoms with Gasteiger partial charge in [-0.15, -0.1) is 0 Å². The molecule has 6 heteroatoms. The van der Waals surface area contributed by atoms with Crippen LogP contribution in [-0.2, 0) is 11.3 Å². The first-order valence-electron chi connectivity index (χ1n) is 7.68. The van der Waals surface area contributed by atoms with E-state index < -0.39 is 0 Å². The SMILES string of the molecule is CN=C(NCCNC(=O)C(C)(C)C)N(C)Cc1ccc(Br)cc1. The number of hydrogen-bond acceptors (Lipinski definition) is 2. The highest BCUT2D eigenvalue weighted by Gasteiger charge is 2.20. The summed E-state index contributed by atoms with van der Waals surface area (Å²) < 4.78 is 1.07. The maximum atomic E-state index is 11.8. The van der Waals surface area contributed by atoms with Crippen LogP contribution in [0.5, 0.6) is 0 Å². The van der Waals surface area contributed by atoms with Crippen LogP contribution in [0, 0.1) is 5.41 Å². The van der Waals surface area contributed by atoms with E-state index >= 15 is 0 Å². The lowest BCUT2D eigenvalue weighted by molar-refractivity contribution is -0.128. The van der Waals surface area contributed by atoms with Crippen LogP contribution < -0.4 is 10.6 Å². The molecule has 0 radical (unpaired) electrons. The summed E-state index contributed by atoms with van der Waals surface area (Å²) in [5.41, 5.74) is 0.847. The normalized spacial score (nSPS) is 12.0. The van der Waals surface area contributed by atoms with Crippen LogP contribution in [0.2, 0.25) is 0 Å². The van der Waals surface area contributed by atoms with Crippen LogP contribution in [0.15, 0.2) is 33.7 Å². The van der Waals surface area contributed by atoms with Gasteiger partial charge in [0.25, 0.3) is 0 Å². The van der Waals surface area contributed by atoms with Crippen molar-refractivity contribution >= 4 is 27.8 Å². The Balaban J connectivity index is 2.41. The van der Waals surface area contributed by atoms with Gasteiger partial charge in [-0.05, 0) is 17.7 Å². The van der Waals surface area contributed by atoms with Crippen LogP contribution >= 0.6 is 15.9 Å². The van der Waals surface area contributed by atoms with Crippen molar-refractivity contribution in [2.24, 2.45) is 10.4 Å². The zero-order chi connectivity index (χ0) is 17.5. The fraction of sp³-hybridized carbons (Fsp3) is 0.529. The molecule has 0 aromatic heterocycles. The largest absolute Gasteiger partial charge is 0.354 e. The molecule has 1 amide bonds. The summed E-state index contributed by atoms with van der Waals surface area (Å²) in [5, 5.41) is 6.18. The molecule has 0 spiro atoms. The minimum Gasteiger partial charge on any atom is -0.354 e. The lowest BCUT2D eigenvalue weighted by atomic mass is 9.96. The van der Waals surface area contributed by atoms with Gasteiger partial charge in [-0.1, -0.05) is 48.8 Å². The van der Waals surface area contributed by atoms with Gasteiger partial charge in [0.05, 0.1) is 0 Å². The molecular formula is C17H27BrN4O. The second kappa shape index (κ2) is 8.91. The lowest BCUT2D eigenvalue weighted by Crippen LogP contribution is -2.43. The van der Waals surface area contributed by atoms with Crippen molar-refractivity contribution in [2.75, 3.05) is 27.2 Å². The predicted molar refractivity (Wildman–Crippen MR) is 99.4 cm³/mol. The van der Waals surface area contributed by atoms with Gasteiger partial charge in [0.2, 0.25) is 5.91 Å². The summed E-state index contributed by atoms with van der Waals surface area (Å²) in [6, 6.07) is 8.22. The Morgan fingerprint density at radius 2 is 1.74 bits per heavy atom. The summed E-state index contributed by atoms with van der Waals surface area (Å²) in [6.45, 7) is 7.68. The molecule has 0 saturated heterocycles. The Hall–Kier alpha value is -1.56. The van der Waals surface area contributed by atoms with Crippen LogP contribution in [0.4, 0.5) is 0 Å². The molecule has 1 rings (SSSR count). The molecule has 2 N–H and O–H groups in total. The molecule has 0 saturated carbocycles. The van der Waals surface area contributed by atoms with E-state index in [-0.39, 0.29) is 11.3 Å². The molecule has 0 bridgehead atoms. The highest BCUT2D eigenvalue weighted by molar-refractivity contribution is 9.10. The first-order chi connectivity index (χ1) is 10.7. The summed E-state index contributed by atoms with van der Waals surface area (Å²) in [5.74, 6) is 0.857. The quantitative estimate of drug-likeness (QED) is 0.467. The number of aliphatic imine (C=N–C) groups is 1. The van der Waals surface area contributed by atoms with E-state index in [1.54, 1.807) is 7.05 Å². The fourth-order valence-corrected chi connectivity index (χ4v) is 2.20. The van der Waals surface area contributed by atoms with Gasteiger partial charge in [-0.25, -0.2) is 0 Å². The molecular weight excluding hydrogens is 356 g/mol. The van der Waals surface area contributed by atoms with E-state index in [1.807, 2.05) is 40.0 Å². The number of carbonyl (C=O) groups excluding carboxylic acids is 1. The maximum absolute atomic E-state index is 11.8. The van der Waals surface area contributed by atoms with Gasteiger partial charge in [-0.3, -0.25) is 9.79 Å². The van der Waals surface area contributed by atoms with Gasteiger partial charge in [0.15, 0.2) is 5.96 Å². The summed E-state index contributed by atoms with van der Waals surface area (Å²) >= 11 is 3.44. The van der Waals surface area contributed by atoms with Crippen molar-refractivity contribution in [3.05, 3.63) is 34.3 Å². The van der Waals surface area contributed by atoms with Crippen molar-refractivity contribution < 1.29 is 4.79 Å². The molecule has 128 valence electrons. The van der Waals surface area contributed by atoms with Crippen LogP contribution in [-0.4, -0.2) is 44.0 Å². The maximum Gasteiger partial charge on any atom is 0.225 e. The minimum absolute atomic E-state index is 0.0532. The fourth-order valence-electron chi connectivity index (χ4n) is 1.94. The molecule has 0 fully saturated rings. The number of benzene rings is 1. The number of amides is 1. The van der Waals surface area contributed by atoms with Crippen molar-refractivity contribution in [1.82, 2.24) is 15.5 Å². The first kappa shape index (κ1) is 19.5. The van der Waals surface area contributed by atoms with Crippen molar-refractivity contribution in [3.8, 4) is 0 Å². The summed E-state index contributed by atoms with van der Waals surface area (Å²) in [7, 11) is 3.75. The topological polar surface area (TPSA) is 56.7 Å². The highest BCUT2D eigenvalue weighted by atomic mass is 79.9. The molecule has 0 atom stereocenters. The Bertz CT molecular complexity index is 535. The van der Waals surface area contributed by atoms with Crippen molar-refractivity contribution in [3.63, 3.8) is 0 Å². The number of carbonyl (C=O) groups is 1. The summed E-state index contributed by atoms with van der Waals surface area (Å²) in [6.07, 6.45) is 0. The van der Waals surface area contributed by atoms with Gasteiger partial charge >= 0.3 is 0 Å². The smallest absolute Gasteiger partial charge is 0.225 e. The molecule has 1 aromatic rings. The molecule has 0 aliphatic carbocycles. The van der Waals surface area contributed by atoms with Gasteiger partial charge < -0.3 is 15.5 Å². The number of rotatable bonds is 5. The second-order valence-corrected chi connectivity index (χ2v) is 7.38. The van der Waals surface area contributed by atoms with Gasteiger partial charge in [0.1, 0.15) is 0 Å². The molecule has 0 unspecified atom stereocenters. The van der Waals surface area contributed by atoms with E-state index in [0.717, 1.165) is 17.0 Å². The zero-order valence-corrected chi connectivity index (χ0v) is 16.2. The van der Waals surface area contributed by atoms with Crippen LogP contribution in [0.1, 0.15) is 26.3 Å². The predicted octanol–water partition coefficient (Wildman–Crippen LogP) is 2.62. The number of nitrogens with one attached hydrogen (secondary N) is 2. The number of guanidine groups is 1. The molecule has 1 aromatic carbocycles. The van der Waals surface area contributed by atoms with E-state index in [2.05, 4.69) is 48.6 Å². The Kier molecular flexibility index (Phi) is 7.55. The van der Waals surface area contributed by atoms with Gasteiger partial charge in [-0.2, -0.15) is 0 Å². The van der Waals surface area contributed by atoms with E-state index in [4.69, 9.17) is 0 Å². The zero-order valence-electron chi connectivity index (χ0n) is 14.6. The molecule has 0 aliphatic heterocycles. The molecule has 0 aliphatic rings. The Morgan fingerprint density at radius 3 is 2.26 bits per heavy atom. The average Bonchev–Trinajstić information content (AvgIpc) is 2.48. The lowest BCUT2D eigenvalue weighted by Gasteiger charge is -2.23. The van der Waals surface area contributed by atoms with Crippen LogP contribution in [0.25, 0.3) is 0 Å².